The van der Waals surface area contributed by atoms with Crippen LogP contribution in [0.3, 0.4) is 0 Å². The molecule has 0 aliphatic heterocycles. The Balaban J connectivity index is 1.72. The second-order valence-electron chi connectivity index (χ2n) is 5.12. The Kier molecular flexibility index (Phi) is 7.22. The minimum Gasteiger partial charge on any atom is -0.497 e. The topological polar surface area (TPSA) is 78.1 Å². The number of guanidine groups is 1. The fraction of sp³-hybridized carbons (Fsp3) is 0.278. The number of nitrogens with two attached hydrogens (primary N) is 1. The van der Waals surface area contributed by atoms with Gasteiger partial charge in [0.25, 0.3) is 0 Å². The molecule has 0 aliphatic rings. The second kappa shape index (κ2) is 9.64. The number of halogens is 1. The van der Waals surface area contributed by atoms with E-state index in [9.17, 15) is 0 Å². The summed E-state index contributed by atoms with van der Waals surface area (Å²) in [4.78, 5) is 4.26. The quantitative estimate of drug-likeness (QED) is 0.426. The van der Waals surface area contributed by atoms with E-state index in [1.54, 1.807) is 26.4 Å². The van der Waals surface area contributed by atoms with Gasteiger partial charge in [-0.3, -0.25) is 4.99 Å². The number of nitrogens with zero attached hydrogens (tertiary/aromatic N) is 1. The number of nitrogens with one attached hydrogen (secondary N) is 1. The summed E-state index contributed by atoms with van der Waals surface area (Å²) in [6, 6.07) is 12.8. The van der Waals surface area contributed by atoms with Crippen LogP contribution < -0.4 is 25.3 Å². The lowest BCUT2D eigenvalue weighted by Gasteiger charge is -2.09. The molecule has 2 aromatic rings. The molecule has 0 bridgehead atoms. The summed E-state index contributed by atoms with van der Waals surface area (Å²) < 4.78 is 15.8. The van der Waals surface area contributed by atoms with Crippen molar-refractivity contribution in [2.75, 3.05) is 32.7 Å². The molecule has 0 spiro atoms. The summed E-state index contributed by atoms with van der Waals surface area (Å²) in [7, 11) is 3.20. The van der Waals surface area contributed by atoms with E-state index in [0.717, 1.165) is 23.6 Å². The zero-order chi connectivity index (χ0) is 18.1. The lowest BCUT2D eigenvalue weighted by atomic mass is 10.3. The summed E-state index contributed by atoms with van der Waals surface area (Å²) in [5.41, 5.74) is 6.61. The number of benzene rings is 2. The van der Waals surface area contributed by atoms with E-state index < -0.39 is 0 Å². The Morgan fingerprint density at radius 2 is 1.80 bits per heavy atom. The molecule has 6 nitrogen and oxygen atoms in total. The third kappa shape index (κ3) is 6.08. The molecule has 3 N–H and O–H groups in total. The van der Waals surface area contributed by atoms with Gasteiger partial charge in [-0.25, -0.2) is 0 Å². The van der Waals surface area contributed by atoms with Gasteiger partial charge in [-0.1, -0.05) is 11.6 Å². The Morgan fingerprint density at radius 3 is 2.44 bits per heavy atom. The van der Waals surface area contributed by atoms with E-state index in [0.29, 0.717) is 29.9 Å². The van der Waals surface area contributed by atoms with Crippen molar-refractivity contribution in [2.45, 2.75) is 6.42 Å². The maximum atomic E-state index is 6.07. The highest BCUT2D eigenvalue weighted by Gasteiger charge is 2.02. The van der Waals surface area contributed by atoms with Gasteiger partial charge in [0.15, 0.2) is 5.96 Å². The van der Waals surface area contributed by atoms with Gasteiger partial charge in [-0.15, -0.1) is 0 Å². The van der Waals surface area contributed by atoms with Crippen LogP contribution in [-0.2, 0) is 0 Å². The van der Waals surface area contributed by atoms with Crippen molar-refractivity contribution in [1.29, 1.82) is 0 Å². The molecule has 0 unspecified atom stereocenters. The standard InChI is InChI=1S/C18H22ClN3O3/c1-23-14-5-7-15(8-6-14)25-11-3-10-21-18(20)22-13-4-9-17(24-2)16(19)12-13/h4-9,12H,3,10-11H2,1-2H3,(H3,20,21,22). The smallest absolute Gasteiger partial charge is 0.193 e. The van der Waals surface area contributed by atoms with E-state index in [1.807, 2.05) is 30.3 Å². The molecule has 7 heteroatoms. The van der Waals surface area contributed by atoms with Gasteiger partial charge >= 0.3 is 0 Å². The number of hydrogen-bond donors (Lipinski definition) is 2. The van der Waals surface area contributed by atoms with Crippen LogP contribution in [0.25, 0.3) is 0 Å². The van der Waals surface area contributed by atoms with Crippen molar-refractivity contribution >= 4 is 23.2 Å². The zero-order valence-electron chi connectivity index (χ0n) is 14.3. The van der Waals surface area contributed by atoms with Crippen LogP contribution in [0.4, 0.5) is 5.69 Å². The Bertz CT molecular complexity index is 705. The van der Waals surface area contributed by atoms with Crippen LogP contribution in [0.2, 0.25) is 5.02 Å². The van der Waals surface area contributed by atoms with Gasteiger partial charge in [0.1, 0.15) is 17.2 Å². The third-order valence-corrected chi connectivity index (χ3v) is 3.63. The first-order valence-corrected chi connectivity index (χ1v) is 8.17. The van der Waals surface area contributed by atoms with Crippen molar-refractivity contribution < 1.29 is 14.2 Å². The first kappa shape index (κ1) is 18.7. The maximum Gasteiger partial charge on any atom is 0.193 e. The molecule has 0 aliphatic carbocycles. The van der Waals surface area contributed by atoms with Crippen LogP contribution in [-0.4, -0.2) is 33.3 Å². The number of hydrogen-bond acceptors (Lipinski definition) is 4. The molecule has 25 heavy (non-hydrogen) atoms. The Labute approximate surface area is 152 Å². The SMILES string of the molecule is COc1ccc(OCCCN=C(N)Nc2ccc(OC)c(Cl)c2)cc1. The molecule has 2 rings (SSSR count). The summed E-state index contributed by atoms with van der Waals surface area (Å²) in [5.74, 6) is 2.53. The Hall–Kier alpha value is -2.60. The number of rotatable bonds is 8. The van der Waals surface area contributed by atoms with Crippen LogP contribution in [0.1, 0.15) is 6.42 Å². The normalized spacial score (nSPS) is 11.1. The van der Waals surface area contributed by atoms with Crippen LogP contribution in [0.5, 0.6) is 17.2 Å². The average Bonchev–Trinajstić information content (AvgIpc) is 2.62. The monoisotopic (exact) mass is 363 g/mol. The van der Waals surface area contributed by atoms with Crippen LogP contribution in [0, 0.1) is 0 Å². The molecular weight excluding hydrogens is 342 g/mol. The van der Waals surface area contributed by atoms with Crippen LogP contribution in [0.15, 0.2) is 47.5 Å². The largest absolute Gasteiger partial charge is 0.497 e. The van der Waals surface area contributed by atoms with Gasteiger partial charge in [-0.2, -0.15) is 0 Å². The first-order valence-electron chi connectivity index (χ1n) is 7.79. The maximum absolute atomic E-state index is 6.07. The molecule has 2 aromatic carbocycles. The lowest BCUT2D eigenvalue weighted by molar-refractivity contribution is 0.313. The van der Waals surface area contributed by atoms with Crippen molar-refractivity contribution in [3.8, 4) is 17.2 Å². The van der Waals surface area contributed by atoms with E-state index in [-0.39, 0.29) is 0 Å². The molecule has 0 aromatic heterocycles. The lowest BCUT2D eigenvalue weighted by Crippen LogP contribution is -2.23. The molecule has 0 atom stereocenters. The second-order valence-corrected chi connectivity index (χ2v) is 5.53. The highest BCUT2D eigenvalue weighted by atomic mass is 35.5. The van der Waals surface area contributed by atoms with E-state index in [2.05, 4.69) is 10.3 Å². The van der Waals surface area contributed by atoms with Crippen LogP contribution >= 0.6 is 11.6 Å². The van der Waals surface area contributed by atoms with E-state index >= 15 is 0 Å². The molecule has 0 radical (unpaired) electrons. The molecular formula is C18H22ClN3O3. The van der Waals surface area contributed by atoms with Crippen molar-refractivity contribution in [3.05, 3.63) is 47.5 Å². The average molecular weight is 364 g/mol. The van der Waals surface area contributed by atoms with Gasteiger partial charge in [-0.05, 0) is 42.5 Å². The summed E-state index contributed by atoms with van der Waals surface area (Å²) in [5, 5.41) is 3.50. The molecule has 134 valence electrons. The van der Waals surface area contributed by atoms with Crippen molar-refractivity contribution in [1.82, 2.24) is 0 Å². The fourth-order valence-corrected chi connectivity index (χ4v) is 2.32. The minimum atomic E-state index is 0.325. The molecule has 0 fully saturated rings. The number of ether oxygens (including phenoxy) is 3. The third-order valence-electron chi connectivity index (χ3n) is 3.34. The number of aliphatic imine (C=N–C) groups is 1. The molecule has 0 saturated heterocycles. The first-order chi connectivity index (χ1) is 12.1. The van der Waals surface area contributed by atoms with Gasteiger partial charge in [0, 0.05) is 18.7 Å². The van der Waals surface area contributed by atoms with E-state index in [4.69, 9.17) is 31.5 Å². The summed E-state index contributed by atoms with van der Waals surface area (Å²) >= 11 is 6.07. The number of methoxy groups -OCH3 is 2. The zero-order valence-corrected chi connectivity index (χ0v) is 15.0. The van der Waals surface area contributed by atoms with Gasteiger partial charge in [0.2, 0.25) is 0 Å². The van der Waals surface area contributed by atoms with E-state index in [1.165, 1.54) is 0 Å². The number of anilines is 1. The molecule has 0 amide bonds. The highest BCUT2D eigenvalue weighted by Crippen LogP contribution is 2.27. The fourth-order valence-electron chi connectivity index (χ4n) is 2.06. The highest BCUT2D eigenvalue weighted by molar-refractivity contribution is 6.32. The predicted molar refractivity (Wildman–Crippen MR) is 101 cm³/mol. The van der Waals surface area contributed by atoms with Crippen molar-refractivity contribution in [3.63, 3.8) is 0 Å². The van der Waals surface area contributed by atoms with Gasteiger partial charge in [0.05, 0.1) is 25.8 Å². The molecule has 0 heterocycles. The van der Waals surface area contributed by atoms with Gasteiger partial charge < -0.3 is 25.3 Å². The summed E-state index contributed by atoms with van der Waals surface area (Å²) in [6.07, 6.45) is 0.748. The Morgan fingerprint density at radius 1 is 1.08 bits per heavy atom. The summed E-state index contributed by atoms with van der Waals surface area (Å²) in [6.45, 7) is 1.11. The minimum absolute atomic E-state index is 0.325. The predicted octanol–water partition coefficient (Wildman–Crippen LogP) is 3.55. The van der Waals surface area contributed by atoms with Crippen molar-refractivity contribution in [2.24, 2.45) is 10.7 Å². The molecule has 0 saturated carbocycles.